The molecule has 1 heterocycles. The first-order chi connectivity index (χ1) is 9.75. The predicted molar refractivity (Wildman–Crippen MR) is 78.1 cm³/mol. The monoisotopic (exact) mass is 277 g/mol. The number of nitrogens with two attached hydrogens (primary N) is 1. The Labute approximate surface area is 119 Å². The number of anilines is 2. The summed E-state index contributed by atoms with van der Waals surface area (Å²) >= 11 is 0. The van der Waals surface area contributed by atoms with E-state index in [0.717, 1.165) is 18.3 Å². The van der Waals surface area contributed by atoms with Gasteiger partial charge in [-0.05, 0) is 43.9 Å². The standard InChI is InChI=1S/C14H23N5O/c1-2-20-8-13-17-11(7-12(18-13)19-15)16-9-14(5-6-14)10-3-4-10/h7,10H,2-6,8-9,15H2,1H3,(H2,16,17,18,19). The Bertz CT molecular complexity index is 471. The number of nitrogens with one attached hydrogen (secondary N) is 2. The van der Waals surface area contributed by atoms with Gasteiger partial charge in [0.15, 0.2) is 5.82 Å². The number of hydrogen-bond donors (Lipinski definition) is 3. The molecule has 2 saturated carbocycles. The zero-order valence-corrected chi connectivity index (χ0v) is 12.0. The summed E-state index contributed by atoms with van der Waals surface area (Å²) in [6.07, 6.45) is 5.50. The van der Waals surface area contributed by atoms with Gasteiger partial charge in [0, 0.05) is 19.2 Å². The first kappa shape index (κ1) is 13.6. The van der Waals surface area contributed by atoms with Gasteiger partial charge in [0.25, 0.3) is 0 Å². The Kier molecular flexibility index (Phi) is 3.76. The Morgan fingerprint density at radius 1 is 1.35 bits per heavy atom. The van der Waals surface area contributed by atoms with Crippen molar-refractivity contribution in [3.63, 3.8) is 0 Å². The van der Waals surface area contributed by atoms with Crippen LogP contribution >= 0.6 is 0 Å². The van der Waals surface area contributed by atoms with Gasteiger partial charge in [-0.15, -0.1) is 0 Å². The molecule has 0 atom stereocenters. The van der Waals surface area contributed by atoms with E-state index in [0.29, 0.717) is 30.3 Å². The van der Waals surface area contributed by atoms with Gasteiger partial charge in [0.2, 0.25) is 0 Å². The Morgan fingerprint density at radius 3 is 2.70 bits per heavy atom. The maximum absolute atomic E-state index is 5.46. The van der Waals surface area contributed by atoms with Crippen LogP contribution in [0.5, 0.6) is 0 Å². The SMILES string of the molecule is CCOCc1nc(NN)cc(NCC2(C3CC3)CC2)n1. The first-order valence-electron chi connectivity index (χ1n) is 7.42. The van der Waals surface area contributed by atoms with Gasteiger partial charge < -0.3 is 15.5 Å². The van der Waals surface area contributed by atoms with Crippen molar-refractivity contribution in [2.45, 2.75) is 39.2 Å². The molecule has 2 fully saturated rings. The zero-order valence-electron chi connectivity index (χ0n) is 12.0. The number of ether oxygens (including phenoxy) is 1. The highest BCUT2D eigenvalue weighted by Crippen LogP contribution is 2.61. The number of rotatable bonds is 8. The molecule has 6 heteroatoms. The Hall–Kier alpha value is -1.40. The van der Waals surface area contributed by atoms with Crippen LogP contribution in [0.1, 0.15) is 38.4 Å². The predicted octanol–water partition coefficient (Wildman–Crippen LogP) is 1.90. The van der Waals surface area contributed by atoms with Gasteiger partial charge in [-0.1, -0.05) is 0 Å². The first-order valence-corrected chi connectivity index (χ1v) is 7.42. The van der Waals surface area contributed by atoms with Gasteiger partial charge in [-0.25, -0.2) is 15.8 Å². The number of aromatic nitrogens is 2. The number of hydrazine groups is 1. The second kappa shape index (κ2) is 5.54. The lowest BCUT2D eigenvalue weighted by atomic mass is 10.0. The van der Waals surface area contributed by atoms with Crippen LogP contribution in [0.4, 0.5) is 11.6 Å². The van der Waals surface area contributed by atoms with Gasteiger partial charge in [-0.2, -0.15) is 0 Å². The minimum atomic E-state index is 0.411. The van der Waals surface area contributed by atoms with Gasteiger partial charge in [-0.3, -0.25) is 0 Å². The van der Waals surface area contributed by atoms with Crippen LogP contribution in [-0.4, -0.2) is 23.1 Å². The van der Waals surface area contributed by atoms with Crippen LogP contribution in [0, 0.1) is 11.3 Å². The molecule has 0 saturated heterocycles. The molecule has 110 valence electrons. The van der Waals surface area contributed by atoms with Gasteiger partial charge in [0.1, 0.15) is 18.2 Å². The van der Waals surface area contributed by atoms with Crippen molar-refractivity contribution in [2.75, 3.05) is 23.9 Å². The number of nitrogen functional groups attached to an aromatic ring is 1. The van der Waals surface area contributed by atoms with Crippen molar-refractivity contribution in [1.29, 1.82) is 0 Å². The summed E-state index contributed by atoms with van der Waals surface area (Å²) in [5, 5.41) is 3.46. The molecule has 6 nitrogen and oxygen atoms in total. The zero-order chi connectivity index (χ0) is 14.0. The molecule has 2 aliphatic carbocycles. The lowest BCUT2D eigenvalue weighted by molar-refractivity contribution is 0.128. The Morgan fingerprint density at radius 2 is 2.10 bits per heavy atom. The highest BCUT2D eigenvalue weighted by molar-refractivity contribution is 5.47. The molecule has 0 unspecified atom stereocenters. The van der Waals surface area contributed by atoms with E-state index in [9.17, 15) is 0 Å². The van der Waals surface area contributed by atoms with E-state index in [4.69, 9.17) is 10.6 Å². The van der Waals surface area contributed by atoms with Crippen molar-refractivity contribution >= 4 is 11.6 Å². The summed E-state index contributed by atoms with van der Waals surface area (Å²) in [6.45, 7) is 4.02. The van der Waals surface area contributed by atoms with Crippen LogP contribution in [0.2, 0.25) is 0 Å². The molecule has 0 spiro atoms. The van der Waals surface area contributed by atoms with E-state index in [1.165, 1.54) is 25.7 Å². The summed E-state index contributed by atoms with van der Waals surface area (Å²) in [4.78, 5) is 8.77. The minimum Gasteiger partial charge on any atom is -0.374 e. The number of hydrogen-bond acceptors (Lipinski definition) is 6. The van der Waals surface area contributed by atoms with Crippen LogP contribution in [0.15, 0.2) is 6.07 Å². The largest absolute Gasteiger partial charge is 0.374 e. The van der Waals surface area contributed by atoms with Crippen LogP contribution in [0.3, 0.4) is 0 Å². The van der Waals surface area contributed by atoms with Crippen molar-refractivity contribution < 1.29 is 4.74 Å². The molecule has 1 aromatic heterocycles. The second-order valence-corrected chi connectivity index (χ2v) is 5.83. The average molecular weight is 277 g/mol. The maximum Gasteiger partial charge on any atom is 0.158 e. The fourth-order valence-corrected chi connectivity index (χ4v) is 2.77. The molecule has 1 aromatic rings. The topological polar surface area (TPSA) is 85.1 Å². The van der Waals surface area contributed by atoms with E-state index in [1.54, 1.807) is 0 Å². The van der Waals surface area contributed by atoms with E-state index in [1.807, 2.05) is 13.0 Å². The fourth-order valence-electron chi connectivity index (χ4n) is 2.77. The third-order valence-electron chi connectivity index (χ3n) is 4.31. The molecule has 0 radical (unpaired) electrons. The van der Waals surface area contributed by atoms with Crippen molar-refractivity contribution in [3.8, 4) is 0 Å². The van der Waals surface area contributed by atoms with Crippen LogP contribution in [0.25, 0.3) is 0 Å². The molecule has 3 rings (SSSR count). The third-order valence-corrected chi connectivity index (χ3v) is 4.31. The quantitative estimate of drug-likeness (QED) is 0.497. The lowest BCUT2D eigenvalue weighted by Crippen LogP contribution is -2.19. The molecule has 4 N–H and O–H groups in total. The van der Waals surface area contributed by atoms with Crippen molar-refractivity contribution in [1.82, 2.24) is 9.97 Å². The fraction of sp³-hybridized carbons (Fsp3) is 0.714. The molecular weight excluding hydrogens is 254 g/mol. The highest BCUT2D eigenvalue weighted by Gasteiger charge is 2.53. The summed E-state index contributed by atoms with van der Waals surface area (Å²) in [5.74, 6) is 8.50. The van der Waals surface area contributed by atoms with E-state index < -0.39 is 0 Å². The number of nitrogens with zero attached hydrogens (tertiary/aromatic N) is 2. The third kappa shape index (κ3) is 3.02. The molecule has 2 aliphatic rings. The summed E-state index contributed by atoms with van der Waals surface area (Å²) in [5.41, 5.74) is 3.13. The highest BCUT2D eigenvalue weighted by atomic mass is 16.5. The summed E-state index contributed by atoms with van der Waals surface area (Å²) < 4.78 is 5.36. The van der Waals surface area contributed by atoms with E-state index in [2.05, 4.69) is 20.7 Å². The lowest BCUT2D eigenvalue weighted by Gasteiger charge is -2.16. The summed E-state index contributed by atoms with van der Waals surface area (Å²) in [6, 6.07) is 1.85. The molecular formula is C14H23N5O. The maximum atomic E-state index is 5.46. The molecule has 0 amide bonds. The van der Waals surface area contributed by atoms with Gasteiger partial charge >= 0.3 is 0 Å². The minimum absolute atomic E-state index is 0.411. The van der Waals surface area contributed by atoms with Crippen molar-refractivity contribution in [2.24, 2.45) is 17.2 Å². The average Bonchev–Trinajstić information content (AvgIpc) is 3.35. The molecule has 20 heavy (non-hydrogen) atoms. The van der Waals surface area contributed by atoms with Crippen LogP contribution in [-0.2, 0) is 11.3 Å². The summed E-state index contributed by atoms with van der Waals surface area (Å²) in [7, 11) is 0. The second-order valence-electron chi connectivity index (χ2n) is 5.83. The normalized spacial score (nSPS) is 19.7. The molecule has 0 bridgehead atoms. The Balaban J connectivity index is 1.64. The molecule has 0 aromatic carbocycles. The van der Waals surface area contributed by atoms with E-state index >= 15 is 0 Å². The smallest absolute Gasteiger partial charge is 0.158 e. The molecule has 0 aliphatic heterocycles. The van der Waals surface area contributed by atoms with Gasteiger partial charge in [0.05, 0.1) is 0 Å². The van der Waals surface area contributed by atoms with Crippen molar-refractivity contribution in [3.05, 3.63) is 11.9 Å². The van der Waals surface area contributed by atoms with E-state index in [-0.39, 0.29) is 0 Å². The van der Waals surface area contributed by atoms with Crippen LogP contribution < -0.4 is 16.6 Å².